The molecule has 0 aliphatic rings. The Morgan fingerprint density at radius 1 is 1.67 bits per heavy atom. The summed E-state index contributed by atoms with van der Waals surface area (Å²) in [4.78, 5) is 3.94. The van der Waals surface area contributed by atoms with Crippen LogP contribution in [0.1, 0.15) is 6.92 Å². The van der Waals surface area contributed by atoms with Gasteiger partial charge in [-0.2, -0.15) is 0 Å². The minimum absolute atomic E-state index is 0.279. The van der Waals surface area contributed by atoms with Crippen molar-refractivity contribution < 1.29 is 9.13 Å². The van der Waals surface area contributed by atoms with E-state index in [0.29, 0.717) is 23.5 Å². The molecule has 0 bridgehead atoms. The highest BCUT2D eigenvalue weighted by Crippen LogP contribution is 2.16. The minimum atomic E-state index is -0.353. The molecule has 0 radical (unpaired) electrons. The molecule has 0 saturated carbocycles. The quantitative estimate of drug-likeness (QED) is 0.898. The number of pyridine rings is 1. The topological polar surface area (TPSA) is 34.1 Å². The smallest absolute Gasteiger partial charge is 0.166 e. The molecule has 3 nitrogen and oxygen atoms in total. The van der Waals surface area contributed by atoms with Crippen LogP contribution >= 0.6 is 15.9 Å². The Balaban J connectivity index is 2.50. The molecule has 5 heteroatoms. The van der Waals surface area contributed by atoms with Gasteiger partial charge in [0.25, 0.3) is 0 Å². The van der Waals surface area contributed by atoms with Gasteiger partial charge in [0.15, 0.2) is 11.6 Å². The zero-order valence-corrected chi connectivity index (χ0v) is 10.3. The van der Waals surface area contributed by atoms with Gasteiger partial charge >= 0.3 is 0 Å². The molecule has 0 spiro atoms. The fourth-order valence-corrected chi connectivity index (χ4v) is 1.46. The molecule has 15 heavy (non-hydrogen) atoms. The average molecular weight is 277 g/mol. The highest BCUT2D eigenvalue weighted by atomic mass is 79.9. The molecule has 1 atom stereocenters. The van der Waals surface area contributed by atoms with E-state index in [9.17, 15) is 4.39 Å². The fraction of sp³-hybridized carbons (Fsp3) is 0.500. The van der Waals surface area contributed by atoms with Crippen LogP contribution in [-0.4, -0.2) is 25.2 Å². The maximum absolute atomic E-state index is 13.3. The number of aromatic nitrogens is 1. The van der Waals surface area contributed by atoms with E-state index in [0.717, 1.165) is 0 Å². The summed E-state index contributed by atoms with van der Waals surface area (Å²) in [5.41, 5.74) is 0. The van der Waals surface area contributed by atoms with Crippen molar-refractivity contribution in [3.8, 4) is 0 Å². The van der Waals surface area contributed by atoms with Crippen molar-refractivity contribution >= 4 is 21.7 Å². The number of halogens is 2. The van der Waals surface area contributed by atoms with Crippen LogP contribution in [0.5, 0.6) is 0 Å². The maximum Gasteiger partial charge on any atom is 0.166 e. The third kappa shape index (κ3) is 4.13. The van der Waals surface area contributed by atoms with E-state index in [2.05, 4.69) is 26.2 Å². The summed E-state index contributed by atoms with van der Waals surface area (Å²) in [6.07, 6.45) is 1.56. The van der Waals surface area contributed by atoms with Gasteiger partial charge in [0.2, 0.25) is 0 Å². The van der Waals surface area contributed by atoms with E-state index in [-0.39, 0.29) is 11.6 Å². The van der Waals surface area contributed by atoms with Gasteiger partial charge in [-0.25, -0.2) is 9.37 Å². The first-order valence-corrected chi connectivity index (χ1v) is 5.46. The Kier molecular flexibility index (Phi) is 4.98. The third-order valence-corrected chi connectivity index (χ3v) is 2.31. The van der Waals surface area contributed by atoms with E-state index < -0.39 is 0 Å². The number of ether oxygens (including phenoxy) is 1. The Hall–Kier alpha value is -0.680. The van der Waals surface area contributed by atoms with Gasteiger partial charge in [-0.05, 0) is 27.9 Å². The van der Waals surface area contributed by atoms with Crippen molar-refractivity contribution in [1.82, 2.24) is 4.98 Å². The second-order valence-corrected chi connectivity index (χ2v) is 4.34. The third-order valence-electron chi connectivity index (χ3n) is 1.88. The lowest BCUT2D eigenvalue weighted by molar-refractivity contribution is 0.164. The van der Waals surface area contributed by atoms with Gasteiger partial charge in [-0.3, -0.25) is 0 Å². The summed E-state index contributed by atoms with van der Waals surface area (Å²) in [7, 11) is 1.65. The first-order chi connectivity index (χ1) is 7.13. The number of nitrogens with one attached hydrogen (secondary N) is 1. The van der Waals surface area contributed by atoms with Crippen LogP contribution in [0, 0.1) is 11.7 Å². The monoisotopic (exact) mass is 276 g/mol. The van der Waals surface area contributed by atoms with Crippen LogP contribution in [-0.2, 0) is 4.74 Å². The molecule has 84 valence electrons. The van der Waals surface area contributed by atoms with Gasteiger partial charge in [-0.1, -0.05) is 6.92 Å². The lowest BCUT2D eigenvalue weighted by Gasteiger charge is -2.12. The lowest BCUT2D eigenvalue weighted by atomic mass is 10.2. The van der Waals surface area contributed by atoms with Gasteiger partial charge in [0, 0.05) is 24.3 Å². The van der Waals surface area contributed by atoms with Crippen LogP contribution in [0.2, 0.25) is 0 Å². The molecular weight excluding hydrogens is 263 g/mol. The van der Waals surface area contributed by atoms with Gasteiger partial charge in [0.05, 0.1) is 6.61 Å². The van der Waals surface area contributed by atoms with Gasteiger partial charge < -0.3 is 10.1 Å². The molecule has 0 saturated heterocycles. The van der Waals surface area contributed by atoms with E-state index in [1.54, 1.807) is 13.3 Å². The summed E-state index contributed by atoms with van der Waals surface area (Å²) in [6.45, 7) is 3.30. The van der Waals surface area contributed by atoms with Crippen LogP contribution in [0.25, 0.3) is 0 Å². The summed E-state index contributed by atoms with van der Waals surface area (Å²) >= 11 is 3.15. The highest BCUT2D eigenvalue weighted by molar-refractivity contribution is 9.10. The first-order valence-electron chi connectivity index (χ1n) is 4.67. The standard InChI is InChI=1S/C10H14BrFN2O/c1-7(6-15-2)4-13-10-9(12)3-8(11)5-14-10/h3,5,7H,4,6H2,1-2H3,(H,13,14). The summed E-state index contributed by atoms with van der Waals surface area (Å²) in [5.74, 6) is 0.245. The van der Waals surface area contributed by atoms with Crippen molar-refractivity contribution in [1.29, 1.82) is 0 Å². The summed E-state index contributed by atoms with van der Waals surface area (Å²) in [5, 5.41) is 2.94. The van der Waals surface area contributed by atoms with Crippen LogP contribution < -0.4 is 5.32 Å². The molecule has 1 N–H and O–H groups in total. The van der Waals surface area contributed by atoms with Crippen LogP contribution in [0.3, 0.4) is 0 Å². The van der Waals surface area contributed by atoms with Crippen molar-refractivity contribution in [2.45, 2.75) is 6.92 Å². The number of nitrogens with zero attached hydrogens (tertiary/aromatic N) is 1. The number of hydrogen-bond donors (Lipinski definition) is 1. The SMILES string of the molecule is COCC(C)CNc1ncc(Br)cc1F. The highest BCUT2D eigenvalue weighted by Gasteiger charge is 2.06. The molecule has 0 fully saturated rings. The zero-order chi connectivity index (χ0) is 11.3. The van der Waals surface area contributed by atoms with Crippen molar-refractivity contribution in [3.05, 3.63) is 22.6 Å². The number of methoxy groups -OCH3 is 1. The number of hydrogen-bond acceptors (Lipinski definition) is 3. The molecule has 0 aliphatic carbocycles. The number of rotatable bonds is 5. The molecule has 1 aromatic heterocycles. The largest absolute Gasteiger partial charge is 0.384 e. The van der Waals surface area contributed by atoms with Crippen molar-refractivity contribution in [2.75, 3.05) is 25.6 Å². The molecule has 0 amide bonds. The minimum Gasteiger partial charge on any atom is -0.384 e. The molecule has 0 aromatic carbocycles. The Labute approximate surface area is 97.2 Å². The molecule has 1 rings (SSSR count). The lowest BCUT2D eigenvalue weighted by Crippen LogP contribution is -2.17. The van der Waals surface area contributed by atoms with Crippen molar-refractivity contribution in [2.24, 2.45) is 5.92 Å². The maximum atomic E-state index is 13.3. The predicted octanol–water partition coefficient (Wildman–Crippen LogP) is 2.68. The molecule has 1 heterocycles. The first kappa shape index (κ1) is 12.4. The zero-order valence-electron chi connectivity index (χ0n) is 8.76. The average Bonchev–Trinajstić information content (AvgIpc) is 2.17. The molecular formula is C10H14BrFN2O. The van der Waals surface area contributed by atoms with Crippen molar-refractivity contribution in [3.63, 3.8) is 0 Å². The summed E-state index contributed by atoms with van der Waals surface area (Å²) in [6, 6.07) is 1.39. The van der Waals surface area contributed by atoms with E-state index in [1.165, 1.54) is 6.07 Å². The van der Waals surface area contributed by atoms with Crippen LogP contribution in [0.15, 0.2) is 16.7 Å². The Morgan fingerprint density at radius 2 is 2.40 bits per heavy atom. The second kappa shape index (κ2) is 6.02. The molecule has 0 aliphatic heterocycles. The molecule has 1 unspecified atom stereocenters. The van der Waals surface area contributed by atoms with E-state index in [4.69, 9.17) is 4.74 Å². The predicted molar refractivity (Wildman–Crippen MR) is 61.4 cm³/mol. The van der Waals surface area contributed by atoms with Gasteiger partial charge in [0.1, 0.15) is 0 Å². The Bertz CT molecular complexity index is 322. The summed E-state index contributed by atoms with van der Waals surface area (Å²) < 4.78 is 18.9. The van der Waals surface area contributed by atoms with Gasteiger partial charge in [-0.15, -0.1) is 0 Å². The molecule has 1 aromatic rings. The number of anilines is 1. The van der Waals surface area contributed by atoms with E-state index >= 15 is 0 Å². The second-order valence-electron chi connectivity index (χ2n) is 3.43. The normalized spacial score (nSPS) is 12.5. The fourth-order valence-electron chi connectivity index (χ4n) is 1.16. The van der Waals surface area contributed by atoms with Crippen LogP contribution in [0.4, 0.5) is 10.2 Å². The Morgan fingerprint density at radius 3 is 3.00 bits per heavy atom. The van der Waals surface area contributed by atoms with E-state index in [1.807, 2.05) is 6.92 Å².